The molecule has 1 N–H and O–H groups in total. The Bertz CT molecular complexity index is 491. The maximum absolute atomic E-state index is 4.72. The molecular weight excluding hydrogens is 208 g/mol. The van der Waals surface area contributed by atoms with E-state index >= 15 is 0 Å². The van der Waals surface area contributed by atoms with E-state index in [2.05, 4.69) is 49.5 Å². The second-order valence-electron chi connectivity index (χ2n) is 4.36. The molecule has 1 heterocycles. The SMILES string of the molecule is CCCNc1ccc2cccc(CCC)c2n1. The molecule has 0 saturated heterocycles. The van der Waals surface area contributed by atoms with Gasteiger partial charge in [0.1, 0.15) is 5.82 Å². The van der Waals surface area contributed by atoms with E-state index in [-0.39, 0.29) is 0 Å². The number of benzene rings is 1. The van der Waals surface area contributed by atoms with Crippen LogP contribution >= 0.6 is 0 Å². The number of fused-ring (bicyclic) bond motifs is 1. The monoisotopic (exact) mass is 228 g/mol. The highest BCUT2D eigenvalue weighted by molar-refractivity contribution is 5.83. The highest BCUT2D eigenvalue weighted by Gasteiger charge is 2.02. The van der Waals surface area contributed by atoms with E-state index in [0.29, 0.717) is 0 Å². The Kier molecular flexibility index (Phi) is 3.97. The molecule has 1 aromatic heterocycles. The van der Waals surface area contributed by atoms with E-state index in [1.165, 1.54) is 10.9 Å². The average molecular weight is 228 g/mol. The number of nitrogens with zero attached hydrogens (tertiary/aromatic N) is 1. The molecule has 2 aromatic rings. The van der Waals surface area contributed by atoms with E-state index < -0.39 is 0 Å². The Labute approximate surface area is 103 Å². The number of pyridine rings is 1. The van der Waals surface area contributed by atoms with Gasteiger partial charge >= 0.3 is 0 Å². The minimum absolute atomic E-state index is 0.981. The van der Waals surface area contributed by atoms with Crippen LogP contribution < -0.4 is 5.32 Å². The van der Waals surface area contributed by atoms with Crippen LogP contribution in [0.15, 0.2) is 30.3 Å². The third-order valence-electron chi connectivity index (χ3n) is 2.88. The first-order valence-electron chi connectivity index (χ1n) is 6.47. The van der Waals surface area contributed by atoms with Crippen molar-refractivity contribution in [2.45, 2.75) is 33.1 Å². The molecule has 0 aliphatic carbocycles. The van der Waals surface area contributed by atoms with Crippen molar-refractivity contribution in [1.29, 1.82) is 0 Å². The number of rotatable bonds is 5. The number of para-hydroxylation sites is 1. The predicted molar refractivity (Wildman–Crippen MR) is 74.5 cm³/mol. The highest BCUT2D eigenvalue weighted by atomic mass is 15.0. The Morgan fingerprint density at radius 3 is 2.71 bits per heavy atom. The van der Waals surface area contributed by atoms with Crippen LogP contribution in [-0.2, 0) is 6.42 Å². The van der Waals surface area contributed by atoms with Crippen molar-refractivity contribution in [3.8, 4) is 0 Å². The van der Waals surface area contributed by atoms with Gasteiger partial charge in [-0.3, -0.25) is 0 Å². The Morgan fingerprint density at radius 1 is 1.06 bits per heavy atom. The first-order chi connectivity index (χ1) is 8.35. The summed E-state index contributed by atoms with van der Waals surface area (Å²) in [5.74, 6) is 0.989. The molecule has 0 aliphatic heterocycles. The van der Waals surface area contributed by atoms with Gasteiger partial charge in [0.25, 0.3) is 0 Å². The zero-order valence-electron chi connectivity index (χ0n) is 10.7. The number of anilines is 1. The van der Waals surface area contributed by atoms with Crippen LogP contribution in [0.2, 0.25) is 0 Å². The smallest absolute Gasteiger partial charge is 0.126 e. The van der Waals surface area contributed by atoms with Gasteiger partial charge in [-0.05, 0) is 30.5 Å². The fourth-order valence-corrected chi connectivity index (χ4v) is 2.03. The van der Waals surface area contributed by atoms with Crippen LogP contribution in [0.3, 0.4) is 0 Å². The largest absolute Gasteiger partial charge is 0.370 e. The second-order valence-corrected chi connectivity index (χ2v) is 4.36. The minimum atomic E-state index is 0.981. The molecule has 0 fully saturated rings. The van der Waals surface area contributed by atoms with E-state index in [9.17, 15) is 0 Å². The number of hydrogen-bond donors (Lipinski definition) is 1. The van der Waals surface area contributed by atoms with Crippen LogP contribution in [-0.4, -0.2) is 11.5 Å². The summed E-state index contributed by atoms with van der Waals surface area (Å²) in [6.45, 7) is 5.35. The van der Waals surface area contributed by atoms with Crippen LogP contribution in [0.4, 0.5) is 5.82 Å². The molecule has 0 spiro atoms. The van der Waals surface area contributed by atoms with E-state index in [4.69, 9.17) is 4.98 Å². The zero-order valence-corrected chi connectivity index (χ0v) is 10.7. The molecule has 2 rings (SSSR count). The van der Waals surface area contributed by atoms with Crippen molar-refractivity contribution < 1.29 is 0 Å². The molecule has 0 saturated carbocycles. The molecule has 0 unspecified atom stereocenters. The molecule has 0 aliphatic rings. The van der Waals surface area contributed by atoms with Gasteiger partial charge in [0.2, 0.25) is 0 Å². The van der Waals surface area contributed by atoms with Gasteiger partial charge in [-0.25, -0.2) is 4.98 Å². The van der Waals surface area contributed by atoms with Crippen molar-refractivity contribution in [3.05, 3.63) is 35.9 Å². The zero-order chi connectivity index (χ0) is 12.1. The third-order valence-corrected chi connectivity index (χ3v) is 2.88. The van der Waals surface area contributed by atoms with Gasteiger partial charge in [-0.15, -0.1) is 0 Å². The third kappa shape index (κ3) is 2.76. The second kappa shape index (κ2) is 5.67. The molecule has 90 valence electrons. The topological polar surface area (TPSA) is 24.9 Å². The molecule has 0 amide bonds. The van der Waals surface area contributed by atoms with Crippen LogP contribution in [0, 0.1) is 0 Å². The predicted octanol–water partition coefficient (Wildman–Crippen LogP) is 4.01. The number of nitrogens with one attached hydrogen (secondary N) is 1. The van der Waals surface area contributed by atoms with Gasteiger partial charge in [0, 0.05) is 11.9 Å². The summed E-state index contributed by atoms with van der Waals surface area (Å²) in [7, 11) is 0. The molecule has 1 aromatic carbocycles. The Hall–Kier alpha value is -1.57. The summed E-state index contributed by atoms with van der Waals surface area (Å²) >= 11 is 0. The van der Waals surface area contributed by atoms with E-state index in [0.717, 1.165) is 37.1 Å². The molecular formula is C15H20N2. The number of aromatic nitrogens is 1. The summed E-state index contributed by atoms with van der Waals surface area (Å²) in [5.41, 5.74) is 2.50. The average Bonchev–Trinajstić information content (AvgIpc) is 2.37. The Balaban J connectivity index is 2.38. The summed E-state index contributed by atoms with van der Waals surface area (Å²) in [4.78, 5) is 4.72. The first kappa shape index (κ1) is 11.9. The molecule has 2 heteroatoms. The molecule has 17 heavy (non-hydrogen) atoms. The maximum Gasteiger partial charge on any atom is 0.126 e. The van der Waals surface area contributed by atoms with Crippen molar-refractivity contribution in [1.82, 2.24) is 4.98 Å². The lowest BCUT2D eigenvalue weighted by Gasteiger charge is -2.08. The van der Waals surface area contributed by atoms with Gasteiger partial charge in [0.15, 0.2) is 0 Å². The van der Waals surface area contributed by atoms with E-state index in [1.54, 1.807) is 0 Å². The Morgan fingerprint density at radius 2 is 1.94 bits per heavy atom. The fraction of sp³-hybridized carbons (Fsp3) is 0.400. The summed E-state index contributed by atoms with van der Waals surface area (Å²) in [6, 6.07) is 10.6. The van der Waals surface area contributed by atoms with Crippen LogP contribution in [0.5, 0.6) is 0 Å². The lowest BCUT2D eigenvalue weighted by Crippen LogP contribution is -2.02. The minimum Gasteiger partial charge on any atom is -0.370 e. The maximum atomic E-state index is 4.72. The van der Waals surface area contributed by atoms with Crippen LogP contribution in [0.1, 0.15) is 32.3 Å². The van der Waals surface area contributed by atoms with Gasteiger partial charge in [-0.1, -0.05) is 38.5 Å². The summed E-state index contributed by atoms with van der Waals surface area (Å²) in [6.07, 6.45) is 3.38. The normalized spacial score (nSPS) is 10.7. The number of aryl methyl sites for hydroxylation is 1. The van der Waals surface area contributed by atoms with Gasteiger partial charge in [-0.2, -0.15) is 0 Å². The first-order valence-corrected chi connectivity index (χ1v) is 6.47. The molecule has 0 radical (unpaired) electrons. The van der Waals surface area contributed by atoms with E-state index in [1.807, 2.05) is 0 Å². The van der Waals surface area contributed by atoms with Crippen LogP contribution in [0.25, 0.3) is 10.9 Å². The van der Waals surface area contributed by atoms with Crippen molar-refractivity contribution >= 4 is 16.7 Å². The lowest BCUT2D eigenvalue weighted by molar-refractivity contribution is 0.925. The highest BCUT2D eigenvalue weighted by Crippen LogP contribution is 2.20. The van der Waals surface area contributed by atoms with Crippen molar-refractivity contribution in [2.24, 2.45) is 0 Å². The van der Waals surface area contributed by atoms with Gasteiger partial charge in [0.05, 0.1) is 5.52 Å². The molecule has 2 nitrogen and oxygen atoms in total. The summed E-state index contributed by atoms with van der Waals surface area (Å²) in [5, 5.41) is 4.58. The molecule has 0 bridgehead atoms. The van der Waals surface area contributed by atoms with Gasteiger partial charge < -0.3 is 5.32 Å². The van der Waals surface area contributed by atoms with Crippen molar-refractivity contribution in [2.75, 3.05) is 11.9 Å². The lowest BCUT2D eigenvalue weighted by atomic mass is 10.1. The molecule has 0 atom stereocenters. The van der Waals surface area contributed by atoms with Crippen molar-refractivity contribution in [3.63, 3.8) is 0 Å². The standard InChI is InChI=1S/C15H20N2/c1-3-6-12-7-5-8-13-9-10-14(16-11-4-2)17-15(12)13/h5,7-10H,3-4,6,11H2,1-2H3,(H,16,17). The fourth-order valence-electron chi connectivity index (χ4n) is 2.03. The summed E-state index contributed by atoms with van der Waals surface area (Å²) < 4.78 is 0. The quantitative estimate of drug-likeness (QED) is 0.836. The number of hydrogen-bond acceptors (Lipinski definition) is 2.